The minimum absolute atomic E-state index is 0.0195. The maximum Gasteiger partial charge on any atom is 0.225 e. The van der Waals surface area contributed by atoms with Crippen molar-refractivity contribution in [3.8, 4) is 0 Å². The van der Waals surface area contributed by atoms with Gasteiger partial charge in [-0.2, -0.15) is 4.98 Å². The van der Waals surface area contributed by atoms with Crippen molar-refractivity contribution in [3.05, 3.63) is 11.8 Å². The van der Waals surface area contributed by atoms with E-state index in [2.05, 4.69) is 54.8 Å². The molecule has 0 radical (unpaired) electrons. The monoisotopic (exact) mass is 236 g/mol. The zero-order chi connectivity index (χ0) is 13.1. The Hall–Kier alpha value is -1.32. The molecule has 0 amide bonds. The average Bonchev–Trinajstić information content (AvgIpc) is 2.15. The highest BCUT2D eigenvalue weighted by molar-refractivity contribution is 5.45. The molecule has 1 aromatic rings. The van der Waals surface area contributed by atoms with Crippen LogP contribution in [-0.4, -0.2) is 28.6 Å². The Balaban J connectivity index is 3.01. The zero-order valence-corrected chi connectivity index (χ0v) is 11.8. The van der Waals surface area contributed by atoms with Gasteiger partial charge in [-0.15, -0.1) is 0 Å². The number of anilines is 2. The molecule has 0 saturated heterocycles. The van der Waals surface area contributed by atoms with E-state index < -0.39 is 0 Å². The predicted octanol–water partition coefficient (Wildman–Crippen LogP) is 2.84. The molecule has 0 aliphatic heterocycles. The van der Waals surface area contributed by atoms with Gasteiger partial charge in [-0.05, 0) is 41.5 Å². The van der Waals surface area contributed by atoms with E-state index in [1.807, 2.05) is 13.0 Å². The van der Waals surface area contributed by atoms with Crippen LogP contribution in [0.1, 0.15) is 40.3 Å². The molecule has 1 N–H and O–H groups in total. The molecule has 4 heteroatoms. The first-order chi connectivity index (χ1) is 7.85. The summed E-state index contributed by atoms with van der Waals surface area (Å²) in [6.07, 6.45) is 0. The number of rotatable bonds is 4. The van der Waals surface area contributed by atoms with Gasteiger partial charge in [0.1, 0.15) is 5.82 Å². The quantitative estimate of drug-likeness (QED) is 0.872. The molecule has 1 rings (SSSR count). The van der Waals surface area contributed by atoms with Crippen LogP contribution in [0.2, 0.25) is 0 Å². The molecule has 17 heavy (non-hydrogen) atoms. The Kier molecular flexibility index (Phi) is 4.32. The van der Waals surface area contributed by atoms with Gasteiger partial charge in [0.15, 0.2) is 0 Å². The SMILES string of the molecule is CCN(CC)c1cc(C)nc(NC(C)(C)C)n1. The van der Waals surface area contributed by atoms with Gasteiger partial charge in [0.05, 0.1) is 0 Å². The first-order valence-electron chi connectivity index (χ1n) is 6.24. The van der Waals surface area contributed by atoms with Gasteiger partial charge in [0.25, 0.3) is 0 Å². The van der Waals surface area contributed by atoms with Crippen molar-refractivity contribution in [2.75, 3.05) is 23.3 Å². The van der Waals surface area contributed by atoms with E-state index in [-0.39, 0.29) is 5.54 Å². The lowest BCUT2D eigenvalue weighted by Crippen LogP contribution is -2.29. The smallest absolute Gasteiger partial charge is 0.225 e. The first-order valence-corrected chi connectivity index (χ1v) is 6.24. The summed E-state index contributed by atoms with van der Waals surface area (Å²) in [6.45, 7) is 14.5. The van der Waals surface area contributed by atoms with Crippen molar-refractivity contribution >= 4 is 11.8 Å². The molecule has 0 atom stereocenters. The van der Waals surface area contributed by atoms with Crippen LogP contribution in [0.15, 0.2) is 6.07 Å². The van der Waals surface area contributed by atoms with Gasteiger partial charge in [-0.1, -0.05) is 0 Å². The molecule has 0 aliphatic carbocycles. The van der Waals surface area contributed by atoms with Crippen molar-refractivity contribution < 1.29 is 0 Å². The number of aryl methyl sites for hydroxylation is 1. The summed E-state index contributed by atoms with van der Waals surface area (Å²) in [5.74, 6) is 1.70. The summed E-state index contributed by atoms with van der Waals surface area (Å²) in [5, 5.41) is 3.32. The molecule has 1 heterocycles. The number of hydrogen-bond acceptors (Lipinski definition) is 4. The molecule has 96 valence electrons. The molecule has 0 unspecified atom stereocenters. The first kappa shape index (κ1) is 13.7. The second-order valence-corrected chi connectivity index (χ2v) is 5.24. The van der Waals surface area contributed by atoms with E-state index >= 15 is 0 Å². The second kappa shape index (κ2) is 5.34. The topological polar surface area (TPSA) is 41.1 Å². The lowest BCUT2D eigenvalue weighted by Gasteiger charge is -2.24. The van der Waals surface area contributed by atoms with Gasteiger partial charge in [0, 0.05) is 30.4 Å². The number of nitrogens with one attached hydrogen (secondary N) is 1. The normalized spacial score (nSPS) is 11.4. The maximum atomic E-state index is 4.56. The Morgan fingerprint density at radius 3 is 2.24 bits per heavy atom. The van der Waals surface area contributed by atoms with Gasteiger partial charge < -0.3 is 10.2 Å². The van der Waals surface area contributed by atoms with Gasteiger partial charge in [0.2, 0.25) is 5.95 Å². The molecular weight excluding hydrogens is 212 g/mol. The standard InChI is InChI=1S/C13H24N4/c1-7-17(8-2)11-9-10(3)14-12(15-11)16-13(4,5)6/h9H,7-8H2,1-6H3,(H,14,15,16). The third kappa shape index (κ3) is 4.21. The Bertz CT molecular complexity index is 364. The third-order valence-corrected chi connectivity index (χ3v) is 2.41. The number of hydrogen-bond donors (Lipinski definition) is 1. The van der Waals surface area contributed by atoms with E-state index in [9.17, 15) is 0 Å². The highest BCUT2D eigenvalue weighted by atomic mass is 15.2. The van der Waals surface area contributed by atoms with Crippen LogP contribution in [0.4, 0.5) is 11.8 Å². The molecule has 0 bridgehead atoms. The Morgan fingerprint density at radius 1 is 1.18 bits per heavy atom. The fraction of sp³-hybridized carbons (Fsp3) is 0.692. The fourth-order valence-electron chi connectivity index (χ4n) is 1.65. The van der Waals surface area contributed by atoms with E-state index in [4.69, 9.17) is 0 Å². The van der Waals surface area contributed by atoms with Crippen LogP contribution in [0, 0.1) is 6.92 Å². The molecule has 0 saturated carbocycles. The number of nitrogens with zero attached hydrogens (tertiary/aromatic N) is 3. The van der Waals surface area contributed by atoms with Crippen molar-refractivity contribution in [1.29, 1.82) is 0 Å². The minimum Gasteiger partial charge on any atom is -0.357 e. The summed E-state index contributed by atoms with van der Waals surface area (Å²) < 4.78 is 0. The minimum atomic E-state index is -0.0195. The molecular formula is C13H24N4. The van der Waals surface area contributed by atoms with E-state index in [1.165, 1.54) is 0 Å². The maximum absolute atomic E-state index is 4.56. The van der Waals surface area contributed by atoms with E-state index in [1.54, 1.807) is 0 Å². The number of aromatic nitrogens is 2. The van der Waals surface area contributed by atoms with Crippen LogP contribution < -0.4 is 10.2 Å². The zero-order valence-electron chi connectivity index (χ0n) is 11.8. The van der Waals surface area contributed by atoms with Crippen molar-refractivity contribution in [2.24, 2.45) is 0 Å². The largest absolute Gasteiger partial charge is 0.357 e. The van der Waals surface area contributed by atoms with E-state index in [0.717, 1.165) is 24.6 Å². The summed E-state index contributed by atoms with van der Waals surface area (Å²) in [6, 6.07) is 2.03. The van der Waals surface area contributed by atoms with Crippen LogP contribution in [0.3, 0.4) is 0 Å². The molecule has 0 spiro atoms. The molecule has 0 aliphatic rings. The lowest BCUT2D eigenvalue weighted by molar-refractivity contribution is 0.625. The summed E-state index contributed by atoms with van der Waals surface area (Å²) >= 11 is 0. The highest BCUT2D eigenvalue weighted by Gasteiger charge is 2.13. The highest BCUT2D eigenvalue weighted by Crippen LogP contribution is 2.17. The van der Waals surface area contributed by atoms with Crippen LogP contribution in [-0.2, 0) is 0 Å². The van der Waals surface area contributed by atoms with Crippen LogP contribution in [0.25, 0.3) is 0 Å². The second-order valence-electron chi connectivity index (χ2n) is 5.24. The summed E-state index contributed by atoms with van der Waals surface area (Å²) in [7, 11) is 0. The van der Waals surface area contributed by atoms with Gasteiger partial charge in [-0.3, -0.25) is 0 Å². The van der Waals surface area contributed by atoms with Crippen molar-refractivity contribution in [1.82, 2.24) is 9.97 Å². The van der Waals surface area contributed by atoms with Crippen LogP contribution in [0.5, 0.6) is 0 Å². The Labute approximate surface area is 104 Å². The predicted molar refractivity (Wildman–Crippen MR) is 73.7 cm³/mol. The van der Waals surface area contributed by atoms with Crippen molar-refractivity contribution in [2.45, 2.75) is 47.1 Å². The molecule has 0 aromatic carbocycles. The van der Waals surface area contributed by atoms with Crippen LogP contribution >= 0.6 is 0 Å². The average molecular weight is 236 g/mol. The molecule has 1 aromatic heterocycles. The fourth-order valence-corrected chi connectivity index (χ4v) is 1.65. The van der Waals surface area contributed by atoms with Crippen molar-refractivity contribution in [3.63, 3.8) is 0 Å². The summed E-state index contributed by atoms with van der Waals surface area (Å²) in [4.78, 5) is 11.2. The van der Waals surface area contributed by atoms with Gasteiger partial charge in [-0.25, -0.2) is 4.98 Å². The van der Waals surface area contributed by atoms with E-state index in [0.29, 0.717) is 5.95 Å². The molecule has 4 nitrogen and oxygen atoms in total. The lowest BCUT2D eigenvalue weighted by atomic mass is 10.1. The third-order valence-electron chi connectivity index (χ3n) is 2.41. The van der Waals surface area contributed by atoms with Gasteiger partial charge >= 0.3 is 0 Å². The Morgan fingerprint density at radius 2 is 1.76 bits per heavy atom. The molecule has 0 fully saturated rings. The summed E-state index contributed by atoms with van der Waals surface area (Å²) in [5.41, 5.74) is 0.975.